The fraction of sp³-hybridized carbons (Fsp3) is 0.438. The Kier molecular flexibility index (Phi) is 8.45. The largest absolute Gasteiger partial charge is 0.465 e. The Bertz CT molecular complexity index is 559. The normalized spacial score (nSPS) is 11.5. The summed E-state index contributed by atoms with van der Waals surface area (Å²) in [5, 5.41) is 16.8. The Morgan fingerprint density at radius 1 is 1.21 bits per heavy atom. The molecule has 0 aromatic heterocycles. The summed E-state index contributed by atoms with van der Waals surface area (Å²) in [5.41, 5.74) is 1.08. The molecule has 1 aromatic rings. The van der Waals surface area contributed by atoms with Crippen molar-refractivity contribution in [3.63, 3.8) is 0 Å². The molecule has 8 heteroatoms. The molecule has 0 spiro atoms. The first kappa shape index (κ1) is 19.6. The second-order valence-electron chi connectivity index (χ2n) is 4.83. The van der Waals surface area contributed by atoms with Crippen LogP contribution < -0.4 is 16.0 Å². The smallest absolute Gasteiger partial charge is 0.325 e. The number of amides is 2. The minimum atomic E-state index is -0.759. The van der Waals surface area contributed by atoms with Crippen molar-refractivity contribution in [2.24, 2.45) is 0 Å². The topological polar surface area (TPSA) is 117 Å². The molecule has 8 nitrogen and oxygen atoms in total. The molecule has 1 unspecified atom stereocenters. The van der Waals surface area contributed by atoms with Gasteiger partial charge in [-0.25, -0.2) is 0 Å². The van der Waals surface area contributed by atoms with Crippen molar-refractivity contribution in [2.75, 3.05) is 33.4 Å². The van der Waals surface area contributed by atoms with Crippen LogP contribution in [0.2, 0.25) is 0 Å². The molecule has 0 aliphatic carbocycles. The number of hydrogen-bond donors (Lipinski definition) is 4. The predicted octanol–water partition coefficient (Wildman–Crippen LogP) is -0.651. The van der Waals surface area contributed by atoms with E-state index in [-0.39, 0.29) is 32.2 Å². The van der Waals surface area contributed by atoms with E-state index < -0.39 is 17.9 Å². The molecular weight excluding hydrogens is 314 g/mol. The van der Waals surface area contributed by atoms with Gasteiger partial charge in [-0.2, -0.15) is 0 Å². The number of hydrogen-bond acceptors (Lipinski definition) is 6. The predicted molar refractivity (Wildman–Crippen MR) is 87.3 cm³/mol. The second-order valence-corrected chi connectivity index (χ2v) is 4.83. The maximum Gasteiger partial charge on any atom is 0.325 e. The van der Waals surface area contributed by atoms with Gasteiger partial charge in [0.15, 0.2) is 0 Å². The van der Waals surface area contributed by atoms with Crippen LogP contribution in [0.15, 0.2) is 24.3 Å². The van der Waals surface area contributed by atoms with Crippen LogP contribution in [0.5, 0.6) is 0 Å². The van der Waals surface area contributed by atoms with Crippen molar-refractivity contribution in [2.45, 2.75) is 13.0 Å². The van der Waals surface area contributed by atoms with Crippen molar-refractivity contribution >= 4 is 17.8 Å². The van der Waals surface area contributed by atoms with Gasteiger partial charge in [-0.3, -0.25) is 19.7 Å². The third-order valence-electron chi connectivity index (χ3n) is 3.17. The average molecular weight is 337 g/mol. The lowest BCUT2D eigenvalue weighted by Gasteiger charge is -2.18. The summed E-state index contributed by atoms with van der Waals surface area (Å²) < 4.78 is 4.75. The zero-order chi connectivity index (χ0) is 17.9. The zero-order valence-corrected chi connectivity index (χ0v) is 13.8. The van der Waals surface area contributed by atoms with E-state index in [4.69, 9.17) is 9.84 Å². The van der Waals surface area contributed by atoms with Crippen LogP contribution in [-0.2, 0) is 14.3 Å². The average Bonchev–Trinajstić information content (AvgIpc) is 2.60. The van der Waals surface area contributed by atoms with E-state index >= 15 is 0 Å². The first-order chi connectivity index (χ1) is 11.5. The van der Waals surface area contributed by atoms with Crippen molar-refractivity contribution in [1.82, 2.24) is 16.0 Å². The third kappa shape index (κ3) is 5.98. The first-order valence-corrected chi connectivity index (χ1v) is 7.63. The number of carbonyl (C=O) groups is 3. The van der Waals surface area contributed by atoms with Gasteiger partial charge in [-0.05, 0) is 24.6 Å². The molecule has 0 saturated carbocycles. The van der Waals surface area contributed by atoms with E-state index in [9.17, 15) is 14.4 Å². The lowest BCUT2D eigenvalue weighted by Crippen LogP contribution is -2.41. The number of rotatable bonds is 9. The minimum absolute atomic E-state index is 0.141. The summed E-state index contributed by atoms with van der Waals surface area (Å²) in [5.74, 6) is -1.18. The molecular formula is C16H23N3O5. The highest BCUT2D eigenvalue weighted by atomic mass is 16.5. The number of nitrogens with one attached hydrogen (secondary N) is 3. The number of ether oxygens (including phenoxy) is 1. The molecule has 1 rings (SSSR count). The number of aliphatic hydroxyl groups excluding tert-OH is 1. The number of carbonyl (C=O) groups excluding carboxylic acids is 3. The van der Waals surface area contributed by atoms with Crippen LogP contribution in [0.25, 0.3) is 0 Å². The Hall–Kier alpha value is -2.45. The lowest BCUT2D eigenvalue weighted by atomic mass is 10.0. The summed E-state index contributed by atoms with van der Waals surface area (Å²) in [4.78, 5) is 35.2. The first-order valence-electron chi connectivity index (χ1n) is 7.63. The summed E-state index contributed by atoms with van der Waals surface area (Å²) >= 11 is 0. The van der Waals surface area contributed by atoms with E-state index in [1.54, 1.807) is 31.2 Å². The quantitative estimate of drug-likeness (QED) is 0.445. The van der Waals surface area contributed by atoms with Crippen LogP contribution in [0.1, 0.15) is 28.9 Å². The number of benzene rings is 1. The molecule has 1 atom stereocenters. The Morgan fingerprint density at radius 3 is 2.42 bits per heavy atom. The maximum absolute atomic E-state index is 12.3. The van der Waals surface area contributed by atoms with E-state index in [2.05, 4.69) is 16.0 Å². The fourth-order valence-corrected chi connectivity index (χ4v) is 2.02. The minimum Gasteiger partial charge on any atom is -0.465 e. The lowest BCUT2D eigenvalue weighted by molar-refractivity contribution is -0.143. The van der Waals surface area contributed by atoms with Gasteiger partial charge in [0.2, 0.25) is 5.91 Å². The van der Waals surface area contributed by atoms with Crippen LogP contribution in [-0.4, -0.2) is 56.2 Å². The fourth-order valence-electron chi connectivity index (χ4n) is 2.02. The number of aliphatic hydroxyl groups is 1. The van der Waals surface area contributed by atoms with Gasteiger partial charge in [0.25, 0.3) is 5.91 Å². The van der Waals surface area contributed by atoms with Gasteiger partial charge in [-0.15, -0.1) is 0 Å². The third-order valence-corrected chi connectivity index (χ3v) is 3.17. The Labute approximate surface area is 140 Å². The molecule has 0 heterocycles. The summed E-state index contributed by atoms with van der Waals surface area (Å²) in [7, 11) is 1.53. The second kappa shape index (κ2) is 10.3. The molecule has 2 amide bonds. The molecule has 0 radical (unpaired) electrons. The van der Waals surface area contributed by atoms with Crippen molar-refractivity contribution in [1.29, 1.82) is 0 Å². The van der Waals surface area contributed by atoms with Gasteiger partial charge in [0.1, 0.15) is 12.6 Å². The molecule has 0 aliphatic heterocycles. The zero-order valence-electron chi connectivity index (χ0n) is 13.8. The van der Waals surface area contributed by atoms with Crippen LogP contribution in [0.3, 0.4) is 0 Å². The van der Waals surface area contributed by atoms with Gasteiger partial charge >= 0.3 is 5.97 Å². The highest BCUT2D eigenvalue weighted by Crippen LogP contribution is 2.14. The van der Waals surface area contributed by atoms with Crippen LogP contribution in [0, 0.1) is 0 Å². The van der Waals surface area contributed by atoms with Crippen LogP contribution in [0.4, 0.5) is 0 Å². The summed E-state index contributed by atoms with van der Waals surface area (Å²) in [6.45, 7) is 1.74. The molecule has 0 fully saturated rings. The van der Waals surface area contributed by atoms with Crippen molar-refractivity contribution < 1.29 is 24.2 Å². The van der Waals surface area contributed by atoms with Gasteiger partial charge in [-0.1, -0.05) is 12.1 Å². The van der Waals surface area contributed by atoms with Crippen molar-refractivity contribution in [3.05, 3.63) is 35.4 Å². The Morgan fingerprint density at radius 2 is 1.88 bits per heavy atom. The van der Waals surface area contributed by atoms with E-state index in [1.165, 1.54) is 7.05 Å². The standard InChI is InChI=1S/C16H23N3O5/c1-3-24-13(21)10-19-16(23)14(18-8-9-20)11-4-6-12(7-5-11)15(22)17-2/h4-7,14,18,20H,3,8-10H2,1-2H3,(H,17,22)(H,19,23). The van der Waals surface area contributed by atoms with Crippen LogP contribution >= 0.6 is 0 Å². The van der Waals surface area contributed by atoms with E-state index in [0.717, 1.165) is 0 Å². The maximum atomic E-state index is 12.3. The van der Waals surface area contributed by atoms with Crippen molar-refractivity contribution in [3.8, 4) is 0 Å². The van der Waals surface area contributed by atoms with Gasteiger partial charge in [0.05, 0.1) is 13.2 Å². The molecule has 1 aromatic carbocycles. The Balaban J connectivity index is 2.81. The van der Waals surface area contributed by atoms with E-state index in [0.29, 0.717) is 11.1 Å². The molecule has 4 N–H and O–H groups in total. The molecule has 132 valence electrons. The summed E-state index contributed by atoms with van der Waals surface area (Å²) in [6, 6.07) is 5.72. The molecule has 0 aliphatic rings. The molecule has 0 saturated heterocycles. The van der Waals surface area contributed by atoms with Gasteiger partial charge < -0.3 is 20.5 Å². The molecule has 24 heavy (non-hydrogen) atoms. The SMILES string of the molecule is CCOC(=O)CNC(=O)C(NCCO)c1ccc(C(=O)NC)cc1. The molecule has 0 bridgehead atoms. The highest BCUT2D eigenvalue weighted by Gasteiger charge is 2.21. The van der Waals surface area contributed by atoms with Gasteiger partial charge in [0, 0.05) is 19.2 Å². The van der Waals surface area contributed by atoms with E-state index in [1.807, 2.05) is 0 Å². The highest BCUT2D eigenvalue weighted by molar-refractivity contribution is 5.94. The monoisotopic (exact) mass is 337 g/mol. The number of esters is 1. The summed E-state index contributed by atoms with van der Waals surface area (Å²) in [6.07, 6.45) is 0.